The zero-order valence-corrected chi connectivity index (χ0v) is 20.3. The van der Waals surface area contributed by atoms with Crippen LogP contribution in [0.2, 0.25) is 0 Å². The number of halogens is 1. The van der Waals surface area contributed by atoms with Crippen molar-refractivity contribution < 1.29 is 4.39 Å². The average molecular weight is 477 g/mol. The first-order valence-corrected chi connectivity index (χ1v) is 11.8. The van der Waals surface area contributed by atoms with Gasteiger partial charge < -0.3 is 9.88 Å². The quantitative estimate of drug-likeness (QED) is 0.304. The normalized spacial score (nSPS) is 11.7. The molecule has 0 aliphatic rings. The Hall–Kier alpha value is -4.36. The van der Waals surface area contributed by atoms with Gasteiger partial charge in [-0.1, -0.05) is 12.1 Å². The van der Waals surface area contributed by atoms with Gasteiger partial charge in [-0.05, 0) is 79.7 Å². The molecule has 0 aliphatic heterocycles. The summed E-state index contributed by atoms with van der Waals surface area (Å²) in [6.07, 6.45) is 7.37. The number of fused-ring (bicyclic) bond motifs is 2. The molecule has 0 aliphatic carbocycles. The third-order valence-corrected chi connectivity index (χ3v) is 6.43. The van der Waals surface area contributed by atoms with Crippen LogP contribution in [-0.4, -0.2) is 44.1 Å². The van der Waals surface area contributed by atoms with E-state index in [0.29, 0.717) is 0 Å². The third-order valence-electron chi connectivity index (χ3n) is 6.43. The second-order valence-electron chi connectivity index (χ2n) is 9.45. The molecule has 6 aromatic rings. The second kappa shape index (κ2) is 8.70. The molecule has 0 saturated heterocycles. The minimum atomic E-state index is -0.272. The van der Waals surface area contributed by atoms with E-state index in [0.717, 1.165) is 73.1 Å². The van der Waals surface area contributed by atoms with Gasteiger partial charge in [0, 0.05) is 47.0 Å². The SMILES string of the molecule is Cc1cc(-c2cncc(CN(C)C)c2)cc2c(-c3cc4c(-c5cccc(F)c5)cncc4[nH]3)n[nH]c12. The van der Waals surface area contributed by atoms with Crippen molar-refractivity contribution in [3.05, 3.63) is 90.3 Å². The van der Waals surface area contributed by atoms with Crippen LogP contribution in [0.1, 0.15) is 11.1 Å². The second-order valence-corrected chi connectivity index (χ2v) is 9.45. The van der Waals surface area contributed by atoms with Crippen molar-refractivity contribution in [3.63, 3.8) is 0 Å². The number of benzene rings is 2. The Morgan fingerprint density at radius 3 is 2.56 bits per heavy atom. The lowest BCUT2D eigenvalue weighted by molar-refractivity contribution is 0.402. The Morgan fingerprint density at radius 1 is 0.861 bits per heavy atom. The predicted octanol–water partition coefficient (Wildman–Crippen LogP) is 6.34. The molecule has 0 radical (unpaired) electrons. The molecule has 4 aromatic heterocycles. The van der Waals surface area contributed by atoms with Crippen LogP contribution in [-0.2, 0) is 6.54 Å². The molecule has 7 heteroatoms. The molecule has 0 bridgehead atoms. The number of rotatable bonds is 5. The van der Waals surface area contributed by atoms with Crippen molar-refractivity contribution in [2.45, 2.75) is 13.5 Å². The fourth-order valence-electron chi connectivity index (χ4n) is 4.83. The maximum Gasteiger partial charge on any atom is 0.123 e. The van der Waals surface area contributed by atoms with Gasteiger partial charge in [0.15, 0.2) is 0 Å². The van der Waals surface area contributed by atoms with E-state index in [2.05, 4.69) is 75.3 Å². The smallest absolute Gasteiger partial charge is 0.123 e. The van der Waals surface area contributed by atoms with Crippen LogP contribution in [0.5, 0.6) is 0 Å². The molecule has 6 nitrogen and oxygen atoms in total. The highest BCUT2D eigenvalue weighted by molar-refractivity contribution is 6.02. The Kier molecular flexibility index (Phi) is 5.34. The van der Waals surface area contributed by atoms with Crippen LogP contribution in [0.3, 0.4) is 0 Å². The van der Waals surface area contributed by atoms with Crippen LogP contribution in [0.25, 0.3) is 55.4 Å². The molecule has 2 N–H and O–H groups in total. The van der Waals surface area contributed by atoms with E-state index in [-0.39, 0.29) is 5.82 Å². The largest absolute Gasteiger partial charge is 0.352 e. The number of hydrogen-bond donors (Lipinski definition) is 2. The van der Waals surface area contributed by atoms with Gasteiger partial charge in [-0.3, -0.25) is 15.1 Å². The molecule has 0 fully saturated rings. The van der Waals surface area contributed by atoms with Gasteiger partial charge in [-0.15, -0.1) is 0 Å². The summed E-state index contributed by atoms with van der Waals surface area (Å²) in [6.45, 7) is 2.91. The lowest BCUT2D eigenvalue weighted by Crippen LogP contribution is -2.10. The molecular weight excluding hydrogens is 451 g/mol. The van der Waals surface area contributed by atoms with Crippen molar-refractivity contribution in [1.82, 2.24) is 30.0 Å². The maximum atomic E-state index is 13.9. The van der Waals surface area contributed by atoms with Gasteiger partial charge >= 0.3 is 0 Å². The van der Waals surface area contributed by atoms with E-state index in [1.807, 2.05) is 18.5 Å². The molecule has 0 spiro atoms. The monoisotopic (exact) mass is 476 g/mol. The predicted molar refractivity (Wildman–Crippen MR) is 142 cm³/mol. The zero-order chi connectivity index (χ0) is 24.8. The molecule has 36 heavy (non-hydrogen) atoms. The van der Waals surface area contributed by atoms with E-state index in [1.54, 1.807) is 18.5 Å². The summed E-state index contributed by atoms with van der Waals surface area (Å²) in [7, 11) is 4.10. The van der Waals surface area contributed by atoms with E-state index >= 15 is 0 Å². The molecule has 0 amide bonds. The highest BCUT2D eigenvalue weighted by Gasteiger charge is 2.16. The first-order valence-electron chi connectivity index (χ1n) is 11.8. The van der Waals surface area contributed by atoms with Crippen LogP contribution < -0.4 is 0 Å². The summed E-state index contributed by atoms with van der Waals surface area (Å²) in [4.78, 5) is 14.5. The van der Waals surface area contributed by atoms with Gasteiger partial charge in [-0.2, -0.15) is 5.10 Å². The molecule has 6 rings (SSSR count). The van der Waals surface area contributed by atoms with E-state index in [9.17, 15) is 4.39 Å². The minimum Gasteiger partial charge on any atom is -0.352 e. The summed E-state index contributed by atoms with van der Waals surface area (Å²) in [5.41, 5.74) is 9.66. The summed E-state index contributed by atoms with van der Waals surface area (Å²) in [5.74, 6) is -0.272. The zero-order valence-electron chi connectivity index (χ0n) is 20.3. The Morgan fingerprint density at radius 2 is 1.72 bits per heavy atom. The Bertz CT molecular complexity index is 1730. The summed E-state index contributed by atoms with van der Waals surface area (Å²) in [5, 5.41) is 9.87. The number of pyridine rings is 2. The average Bonchev–Trinajstić information content (AvgIpc) is 3.48. The lowest BCUT2D eigenvalue weighted by Gasteiger charge is -2.11. The van der Waals surface area contributed by atoms with Gasteiger partial charge in [0.05, 0.1) is 22.9 Å². The highest BCUT2D eigenvalue weighted by atomic mass is 19.1. The number of nitrogens with one attached hydrogen (secondary N) is 2. The fraction of sp³-hybridized carbons (Fsp3) is 0.138. The van der Waals surface area contributed by atoms with Crippen LogP contribution in [0, 0.1) is 12.7 Å². The number of hydrogen-bond acceptors (Lipinski definition) is 4. The lowest BCUT2D eigenvalue weighted by atomic mass is 9.99. The summed E-state index contributed by atoms with van der Waals surface area (Å²) < 4.78 is 13.9. The molecule has 0 saturated carbocycles. The van der Waals surface area contributed by atoms with Gasteiger partial charge in [0.1, 0.15) is 11.5 Å². The van der Waals surface area contributed by atoms with Gasteiger partial charge in [-0.25, -0.2) is 4.39 Å². The van der Waals surface area contributed by atoms with Crippen LogP contribution >= 0.6 is 0 Å². The highest BCUT2D eigenvalue weighted by Crippen LogP contribution is 2.36. The number of aromatic nitrogens is 5. The van der Waals surface area contributed by atoms with Crippen LogP contribution in [0.15, 0.2) is 73.3 Å². The summed E-state index contributed by atoms with van der Waals surface area (Å²) in [6, 6.07) is 15.2. The number of H-pyrrole nitrogens is 2. The molecule has 0 atom stereocenters. The van der Waals surface area contributed by atoms with Crippen molar-refractivity contribution >= 4 is 21.8 Å². The van der Waals surface area contributed by atoms with E-state index in [4.69, 9.17) is 0 Å². The molecule has 2 aromatic carbocycles. The van der Waals surface area contributed by atoms with Gasteiger partial charge in [0.2, 0.25) is 0 Å². The summed E-state index contributed by atoms with van der Waals surface area (Å²) >= 11 is 0. The van der Waals surface area contributed by atoms with Crippen molar-refractivity contribution in [3.8, 4) is 33.6 Å². The number of nitrogens with zero attached hydrogens (tertiary/aromatic N) is 4. The van der Waals surface area contributed by atoms with Crippen molar-refractivity contribution in [2.75, 3.05) is 14.1 Å². The molecular formula is C29H25FN6. The standard InChI is InChI=1S/C29H25FN6/c1-17-7-20(21-8-18(12-31-13-21)16-36(2)3)10-24-28(17)34-35-29(24)26-11-23-25(14-32-15-27(23)33-26)19-5-4-6-22(30)9-19/h4-15,33H,16H2,1-3H3,(H,34,35). The minimum absolute atomic E-state index is 0.272. The Labute approximate surface area is 207 Å². The third kappa shape index (κ3) is 3.93. The fourth-order valence-corrected chi connectivity index (χ4v) is 4.83. The first kappa shape index (κ1) is 22.1. The molecule has 178 valence electrons. The molecule has 4 heterocycles. The number of aryl methyl sites for hydroxylation is 1. The Balaban J connectivity index is 1.48. The molecule has 0 unspecified atom stereocenters. The van der Waals surface area contributed by atoms with Crippen LogP contribution in [0.4, 0.5) is 4.39 Å². The first-order chi connectivity index (χ1) is 17.5. The van der Waals surface area contributed by atoms with Crippen molar-refractivity contribution in [1.29, 1.82) is 0 Å². The van der Waals surface area contributed by atoms with Gasteiger partial charge in [0.25, 0.3) is 0 Å². The number of aromatic amines is 2. The van der Waals surface area contributed by atoms with Crippen molar-refractivity contribution in [2.24, 2.45) is 0 Å². The van der Waals surface area contributed by atoms with E-state index in [1.165, 1.54) is 12.1 Å². The topological polar surface area (TPSA) is 73.5 Å². The van der Waals surface area contributed by atoms with E-state index < -0.39 is 0 Å². The maximum absolute atomic E-state index is 13.9.